The number of hydrogen-bond donors (Lipinski definition) is 3. The molecule has 41 heavy (non-hydrogen) atoms. The molecule has 3 heterocycles. The molecule has 1 saturated heterocycles. The van der Waals surface area contributed by atoms with E-state index in [2.05, 4.69) is 10.6 Å². The van der Waals surface area contributed by atoms with Gasteiger partial charge in [0.15, 0.2) is 11.6 Å². The van der Waals surface area contributed by atoms with Crippen LogP contribution in [0.2, 0.25) is 0 Å². The lowest BCUT2D eigenvalue weighted by Crippen LogP contribution is -2.65. The summed E-state index contributed by atoms with van der Waals surface area (Å²) in [4.78, 5) is 28.9. The average Bonchev–Trinajstić information content (AvgIpc) is 3.24. The van der Waals surface area contributed by atoms with Crippen LogP contribution in [-0.2, 0) is 14.3 Å². The van der Waals surface area contributed by atoms with E-state index in [-0.39, 0.29) is 37.4 Å². The Kier molecular flexibility index (Phi) is 7.50. The van der Waals surface area contributed by atoms with Gasteiger partial charge in [-0.05, 0) is 51.0 Å². The lowest BCUT2D eigenvalue weighted by molar-refractivity contribution is -0.137. The van der Waals surface area contributed by atoms with E-state index < -0.39 is 28.8 Å². The highest BCUT2D eigenvalue weighted by molar-refractivity contribution is 6.00. The molecule has 0 radical (unpaired) electrons. The van der Waals surface area contributed by atoms with Crippen molar-refractivity contribution in [2.75, 3.05) is 27.4 Å². The molecule has 0 aromatic heterocycles. The molecule has 0 aliphatic carbocycles. The number of carbonyl (C=O) groups excluding carboxylic acids is 2. The van der Waals surface area contributed by atoms with Gasteiger partial charge in [0.05, 0.1) is 19.1 Å². The molecule has 0 bridgehead atoms. The van der Waals surface area contributed by atoms with E-state index in [1.807, 2.05) is 52.0 Å². The van der Waals surface area contributed by atoms with Crippen LogP contribution in [0, 0.1) is 5.41 Å². The Morgan fingerprint density at radius 3 is 2.51 bits per heavy atom. The fraction of sp³-hybridized carbons (Fsp3) is 0.516. The molecule has 3 aliphatic heterocycles. The van der Waals surface area contributed by atoms with Crippen LogP contribution < -0.4 is 20.1 Å². The third kappa shape index (κ3) is 4.82. The van der Waals surface area contributed by atoms with Crippen molar-refractivity contribution in [2.24, 2.45) is 0 Å². The normalized spacial score (nSPS) is 28.2. The van der Waals surface area contributed by atoms with E-state index >= 15 is 0 Å². The number of nitrogens with zero attached hydrogens (tertiary/aromatic N) is 1. The summed E-state index contributed by atoms with van der Waals surface area (Å²) in [6.45, 7) is 8.28. The maximum absolute atomic E-state index is 13.8. The number of rotatable bonds is 8. The minimum Gasteiger partial charge on any atom is -0.490 e. The molecule has 10 nitrogen and oxygen atoms in total. The van der Waals surface area contributed by atoms with Crippen LogP contribution in [0.25, 0.3) is 0 Å². The molecule has 2 aromatic rings. The van der Waals surface area contributed by atoms with Crippen molar-refractivity contribution < 1.29 is 28.5 Å². The number of fused-ring (bicyclic) bond motifs is 2. The minimum absolute atomic E-state index is 0.0262. The number of para-hydroxylation sites is 1. The second-order valence-electron chi connectivity index (χ2n) is 11.7. The molecule has 3 aliphatic rings. The zero-order valence-electron chi connectivity index (χ0n) is 24.6. The van der Waals surface area contributed by atoms with Crippen LogP contribution in [0.1, 0.15) is 80.5 Å². The van der Waals surface area contributed by atoms with E-state index in [1.54, 1.807) is 32.4 Å². The first kappa shape index (κ1) is 28.9. The Bertz CT molecular complexity index is 1340. The smallest absolute Gasteiger partial charge is 0.251 e. The van der Waals surface area contributed by atoms with Crippen molar-refractivity contribution in [1.29, 1.82) is 5.41 Å². The predicted molar refractivity (Wildman–Crippen MR) is 153 cm³/mol. The van der Waals surface area contributed by atoms with Crippen LogP contribution in [0.5, 0.6) is 11.5 Å². The number of carbonyl (C=O) groups is 2. The molecule has 0 spiro atoms. The Hall–Kier alpha value is -3.63. The molecular weight excluding hydrogens is 524 g/mol. The second kappa shape index (κ2) is 10.6. The van der Waals surface area contributed by atoms with Crippen molar-refractivity contribution >= 4 is 17.8 Å². The van der Waals surface area contributed by atoms with E-state index in [9.17, 15) is 9.59 Å². The first-order valence-corrected chi connectivity index (χ1v) is 14.1. The summed E-state index contributed by atoms with van der Waals surface area (Å²) in [5.74, 6) is 0.817. The van der Waals surface area contributed by atoms with Gasteiger partial charge in [0.25, 0.3) is 5.91 Å². The van der Waals surface area contributed by atoms with Gasteiger partial charge in [-0.1, -0.05) is 32.0 Å². The summed E-state index contributed by atoms with van der Waals surface area (Å²) < 4.78 is 23.6. The topological polar surface area (TPSA) is 122 Å². The molecular formula is C31H40N4O6. The molecule has 0 unspecified atom stereocenters. The van der Waals surface area contributed by atoms with E-state index in [0.29, 0.717) is 22.6 Å². The molecule has 10 heteroatoms. The van der Waals surface area contributed by atoms with Crippen molar-refractivity contribution in [1.82, 2.24) is 15.5 Å². The molecule has 220 valence electrons. The van der Waals surface area contributed by atoms with Gasteiger partial charge in [-0.3, -0.25) is 19.9 Å². The number of nitrogens with one attached hydrogen (secondary N) is 3. The standard InChI is InChI=1S/C31H40N4O6/c1-7-31(8-2)16-24(36)35(28(32)34-31)26-21-15-19(13-14-23(21)41-30(26,4)17-38-5)27(37)33-25-20-11-9-10-12-22(20)40-18-29(25,3)39-6/h9-15,25-26H,7-8,16-18H2,1-6H3,(H2,32,34)(H,33,37)/t25-,26+,29-,30+/m1/s1. The number of guanidine groups is 1. The van der Waals surface area contributed by atoms with Crippen LogP contribution >= 0.6 is 0 Å². The molecule has 2 aromatic carbocycles. The molecule has 5 rings (SSSR count). The Morgan fingerprint density at radius 1 is 1.12 bits per heavy atom. The summed E-state index contributed by atoms with van der Waals surface area (Å²) in [7, 11) is 3.18. The quantitative estimate of drug-likeness (QED) is 0.441. The lowest BCUT2D eigenvalue weighted by atomic mass is 9.84. The Morgan fingerprint density at radius 2 is 1.85 bits per heavy atom. The van der Waals surface area contributed by atoms with Crippen molar-refractivity contribution in [3.8, 4) is 11.5 Å². The third-order valence-corrected chi connectivity index (χ3v) is 9.01. The average molecular weight is 565 g/mol. The first-order valence-electron chi connectivity index (χ1n) is 14.1. The molecule has 0 saturated carbocycles. The minimum atomic E-state index is -0.970. The lowest BCUT2D eigenvalue weighted by Gasteiger charge is -2.46. The van der Waals surface area contributed by atoms with Crippen LogP contribution in [0.3, 0.4) is 0 Å². The Labute approximate surface area is 241 Å². The first-order chi connectivity index (χ1) is 19.5. The summed E-state index contributed by atoms with van der Waals surface area (Å²) in [5.41, 5.74) is -0.320. The van der Waals surface area contributed by atoms with Gasteiger partial charge in [-0.2, -0.15) is 0 Å². The van der Waals surface area contributed by atoms with Crippen LogP contribution in [0.4, 0.5) is 0 Å². The fourth-order valence-corrected chi connectivity index (χ4v) is 6.35. The highest BCUT2D eigenvalue weighted by atomic mass is 16.5. The highest BCUT2D eigenvalue weighted by Crippen LogP contribution is 2.49. The summed E-state index contributed by atoms with van der Waals surface area (Å²) >= 11 is 0. The fourth-order valence-electron chi connectivity index (χ4n) is 6.35. The van der Waals surface area contributed by atoms with Crippen molar-refractivity contribution in [2.45, 2.75) is 75.8 Å². The van der Waals surface area contributed by atoms with Gasteiger partial charge in [0, 0.05) is 36.4 Å². The molecule has 2 amide bonds. The van der Waals surface area contributed by atoms with Gasteiger partial charge in [-0.15, -0.1) is 0 Å². The van der Waals surface area contributed by atoms with Gasteiger partial charge < -0.3 is 29.6 Å². The number of amides is 2. The summed E-state index contributed by atoms with van der Waals surface area (Å²) in [5, 5.41) is 15.4. The van der Waals surface area contributed by atoms with Crippen molar-refractivity contribution in [3.63, 3.8) is 0 Å². The molecule has 4 atom stereocenters. The zero-order chi connectivity index (χ0) is 29.6. The number of hydrogen-bond acceptors (Lipinski definition) is 7. The predicted octanol–water partition coefficient (Wildman–Crippen LogP) is 4.11. The molecule has 1 fully saturated rings. The molecule has 3 N–H and O–H groups in total. The zero-order valence-corrected chi connectivity index (χ0v) is 24.6. The van der Waals surface area contributed by atoms with E-state index in [0.717, 1.165) is 18.4 Å². The van der Waals surface area contributed by atoms with E-state index in [4.69, 9.17) is 24.4 Å². The number of benzene rings is 2. The van der Waals surface area contributed by atoms with Gasteiger partial charge in [-0.25, -0.2) is 0 Å². The van der Waals surface area contributed by atoms with Crippen LogP contribution in [0.15, 0.2) is 42.5 Å². The van der Waals surface area contributed by atoms with Crippen LogP contribution in [-0.4, -0.2) is 66.8 Å². The summed E-state index contributed by atoms with van der Waals surface area (Å²) in [6, 6.07) is 11.7. The maximum atomic E-state index is 13.8. The van der Waals surface area contributed by atoms with Gasteiger partial charge in [0.2, 0.25) is 5.91 Å². The van der Waals surface area contributed by atoms with E-state index in [1.165, 1.54) is 4.90 Å². The third-order valence-electron chi connectivity index (χ3n) is 9.01. The van der Waals surface area contributed by atoms with Crippen molar-refractivity contribution in [3.05, 3.63) is 59.2 Å². The van der Waals surface area contributed by atoms with Gasteiger partial charge in [0.1, 0.15) is 29.7 Å². The maximum Gasteiger partial charge on any atom is 0.251 e. The highest BCUT2D eigenvalue weighted by Gasteiger charge is 2.54. The summed E-state index contributed by atoms with van der Waals surface area (Å²) in [6.07, 6.45) is 1.70. The Balaban J connectivity index is 1.50. The monoisotopic (exact) mass is 564 g/mol. The number of methoxy groups -OCH3 is 2. The second-order valence-corrected chi connectivity index (χ2v) is 11.7. The van der Waals surface area contributed by atoms with Gasteiger partial charge >= 0.3 is 0 Å². The number of ether oxygens (including phenoxy) is 4. The SMILES string of the molecule is CCC1(CC)CC(=O)N([C@H]2c3cc(C(=O)N[C@@H]4c5ccccc5OC[C@@]4(C)OC)ccc3O[C@@]2(C)COC)C(=N)N1. The largest absolute Gasteiger partial charge is 0.490 e.